The Labute approximate surface area is 119 Å². The monoisotopic (exact) mass is 290 g/mol. The number of anilines is 2. The Kier molecular flexibility index (Phi) is 3.24. The van der Waals surface area contributed by atoms with E-state index in [-0.39, 0.29) is 5.39 Å². The second-order valence-electron chi connectivity index (χ2n) is 4.25. The zero-order valence-electron chi connectivity index (χ0n) is 10.2. The predicted molar refractivity (Wildman–Crippen MR) is 76.4 cm³/mol. The lowest BCUT2D eigenvalue weighted by Crippen LogP contribution is -1.97. The fourth-order valence-electron chi connectivity index (χ4n) is 1.97. The third-order valence-electron chi connectivity index (χ3n) is 2.90. The molecule has 3 aromatic rings. The average molecular weight is 291 g/mol. The quantitative estimate of drug-likeness (QED) is 0.725. The fraction of sp³-hybridized carbons (Fsp3) is 0. The summed E-state index contributed by atoms with van der Waals surface area (Å²) in [6.45, 7) is 0. The maximum atomic E-state index is 13.7. The third-order valence-corrected chi connectivity index (χ3v) is 3.16. The Bertz CT molecular complexity index is 773. The average Bonchev–Trinajstić information content (AvgIpc) is 2.47. The molecule has 0 bridgehead atoms. The van der Waals surface area contributed by atoms with E-state index in [2.05, 4.69) is 10.3 Å². The molecule has 0 spiro atoms. The summed E-state index contributed by atoms with van der Waals surface area (Å²) in [6.07, 6.45) is 1.53. The molecule has 0 aliphatic rings. The molecule has 5 heteroatoms. The van der Waals surface area contributed by atoms with Crippen molar-refractivity contribution in [3.05, 3.63) is 65.3 Å². The Morgan fingerprint density at radius 2 is 1.80 bits per heavy atom. The Hall–Kier alpha value is -2.20. The van der Waals surface area contributed by atoms with Crippen LogP contribution in [0, 0.1) is 11.6 Å². The van der Waals surface area contributed by atoms with Crippen molar-refractivity contribution in [1.29, 1.82) is 0 Å². The molecule has 1 heterocycles. The minimum Gasteiger partial charge on any atom is -0.354 e. The molecular formula is C15H9ClF2N2. The summed E-state index contributed by atoms with van der Waals surface area (Å²) in [5.74, 6) is -1.81. The van der Waals surface area contributed by atoms with Gasteiger partial charge in [-0.25, -0.2) is 8.78 Å². The van der Waals surface area contributed by atoms with Gasteiger partial charge < -0.3 is 5.32 Å². The van der Waals surface area contributed by atoms with Gasteiger partial charge in [-0.05, 0) is 36.4 Å². The van der Waals surface area contributed by atoms with E-state index in [0.29, 0.717) is 21.9 Å². The summed E-state index contributed by atoms with van der Waals surface area (Å²) in [4.78, 5) is 4.10. The van der Waals surface area contributed by atoms with E-state index in [1.807, 2.05) is 0 Å². The number of benzene rings is 2. The summed E-state index contributed by atoms with van der Waals surface area (Å²) in [6, 6.07) is 11.1. The minimum absolute atomic E-state index is 0.143. The van der Waals surface area contributed by atoms with Gasteiger partial charge in [-0.2, -0.15) is 0 Å². The van der Waals surface area contributed by atoms with E-state index in [4.69, 9.17) is 11.6 Å². The SMILES string of the molecule is Fc1cc(Nc2ccc(Cl)cc2)c2ncccc2c1F. The second-order valence-corrected chi connectivity index (χ2v) is 4.69. The van der Waals surface area contributed by atoms with Crippen LogP contribution in [0.1, 0.15) is 0 Å². The van der Waals surface area contributed by atoms with Crippen molar-refractivity contribution in [1.82, 2.24) is 4.98 Å². The molecule has 0 fully saturated rings. The summed E-state index contributed by atoms with van der Waals surface area (Å²) >= 11 is 5.81. The molecule has 1 aromatic heterocycles. The Morgan fingerprint density at radius 1 is 1.05 bits per heavy atom. The molecule has 2 nitrogen and oxygen atoms in total. The number of nitrogens with one attached hydrogen (secondary N) is 1. The van der Waals surface area contributed by atoms with E-state index in [9.17, 15) is 8.78 Å². The highest BCUT2D eigenvalue weighted by Gasteiger charge is 2.12. The van der Waals surface area contributed by atoms with Gasteiger partial charge in [0.05, 0.1) is 11.2 Å². The molecule has 0 atom stereocenters. The van der Waals surface area contributed by atoms with Crippen molar-refractivity contribution in [2.45, 2.75) is 0 Å². The van der Waals surface area contributed by atoms with Gasteiger partial charge in [0, 0.05) is 28.4 Å². The van der Waals surface area contributed by atoms with Crippen LogP contribution in [0.2, 0.25) is 5.02 Å². The van der Waals surface area contributed by atoms with Crippen molar-refractivity contribution in [2.24, 2.45) is 0 Å². The highest BCUT2D eigenvalue weighted by Crippen LogP contribution is 2.29. The molecule has 3 rings (SSSR count). The van der Waals surface area contributed by atoms with Crippen molar-refractivity contribution in [3.63, 3.8) is 0 Å². The Morgan fingerprint density at radius 3 is 2.55 bits per heavy atom. The lowest BCUT2D eigenvalue weighted by molar-refractivity contribution is 0.517. The first-order valence-corrected chi connectivity index (χ1v) is 6.28. The second kappa shape index (κ2) is 5.06. The number of hydrogen-bond donors (Lipinski definition) is 1. The van der Waals surface area contributed by atoms with Crippen LogP contribution in [0.25, 0.3) is 10.9 Å². The van der Waals surface area contributed by atoms with Crippen molar-refractivity contribution in [2.75, 3.05) is 5.32 Å². The van der Waals surface area contributed by atoms with Gasteiger partial charge in [0.1, 0.15) is 0 Å². The number of hydrogen-bond acceptors (Lipinski definition) is 2. The van der Waals surface area contributed by atoms with Crippen molar-refractivity contribution in [3.8, 4) is 0 Å². The summed E-state index contributed by atoms with van der Waals surface area (Å²) in [7, 11) is 0. The molecule has 20 heavy (non-hydrogen) atoms. The molecule has 2 aromatic carbocycles. The minimum atomic E-state index is -0.915. The highest BCUT2D eigenvalue weighted by atomic mass is 35.5. The smallest absolute Gasteiger partial charge is 0.168 e. The topological polar surface area (TPSA) is 24.9 Å². The van der Waals surface area contributed by atoms with Crippen molar-refractivity contribution >= 4 is 33.9 Å². The molecule has 0 saturated heterocycles. The first-order valence-electron chi connectivity index (χ1n) is 5.90. The molecule has 0 aliphatic carbocycles. The van der Waals surface area contributed by atoms with E-state index >= 15 is 0 Å². The van der Waals surface area contributed by atoms with E-state index in [1.54, 1.807) is 30.3 Å². The number of halogens is 3. The van der Waals surface area contributed by atoms with Crippen LogP contribution < -0.4 is 5.32 Å². The molecule has 100 valence electrons. The largest absolute Gasteiger partial charge is 0.354 e. The van der Waals surface area contributed by atoms with Crippen LogP contribution in [-0.4, -0.2) is 4.98 Å². The zero-order valence-corrected chi connectivity index (χ0v) is 11.0. The maximum Gasteiger partial charge on any atom is 0.168 e. The molecule has 0 aliphatic heterocycles. The number of pyridine rings is 1. The highest BCUT2D eigenvalue weighted by molar-refractivity contribution is 6.30. The van der Waals surface area contributed by atoms with E-state index in [1.165, 1.54) is 12.3 Å². The lowest BCUT2D eigenvalue weighted by Gasteiger charge is -2.10. The molecule has 0 unspecified atom stereocenters. The van der Waals surface area contributed by atoms with Crippen LogP contribution in [0.3, 0.4) is 0 Å². The van der Waals surface area contributed by atoms with Crippen LogP contribution in [-0.2, 0) is 0 Å². The van der Waals surface area contributed by atoms with Crippen LogP contribution in [0.15, 0.2) is 48.7 Å². The van der Waals surface area contributed by atoms with Gasteiger partial charge in [-0.3, -0.25) is 4.98 Å². The third kappa shape index (κ3) is 2.30. The van der Waals surface area contributed by atoms with Gasteiger partial charge in [0.15, 0.2) is 11.6 Å². The van der Waals surface area contributed by atoms with E-state index < -0.39 is 11.6 Å². The standard InChI is InChI=1S/C15H9ClF2N2/c16-9-3-5-10(6-4-9)20-13-8-12(17)14(18)11-2-1-7-19-15(11)13/h1-8,20H. The van der Waals surface area contributed by atoms with Crippen LogP contribution >= 0.6 is 11.6 Å². The number of nitrogens with zero attached hydrogens (tertiary/aromatic N) is 1. The van der Waals surface area contributed by atoms with E-state index in [0.717, 1.165) is 6.07 Å². The van der Waals surface area contributed by atoms with Crippen molar-refractivity contribution < 1.29 is 8.78 Å². The first kappa shape index (κ1) is 12.8. The molecule has 0 radical (unpaired) electrons. The van der Waals surface area contributed by atoms with Crippen LogP contribution in [0.5, 0.6) is 0 Å². The lowest BCUT2D eigenvalue weighted by atomic mass is 10.1. The number of aromatic nitrogens is 1. The number of rotatable bonds is 2. The Balaban J connectivity index is 2.11. The molecule has 0 amide bonds. The summed E-state index contributed by atoms with van der Waals surface area (Å²) in [5, 5.41) is 3.76. The number of fused-ring (bicyclic) bond motifs is 1. The van der Waals surface area contributed by atoms with Crippen LogP contribution in [0.4, 0.5) is 20.2 Å². The van der Waals surface area contributed by atoms with Gasteiger partial charge >= 0.3 is 0 Å². The predicted octanol–water partition coefficient (Wildman–Crippen LogP) is 4.91. The maximum absolute atomic E-state index is 13.7. The van der Waals surface area contributed by atoms with Gasteiger partial charge in [0.25, 0.3) is 0 Å². The normalized spacial score (nSPS) is 10.8. The molecule has 0 saturated carbocycles. The fourth-order valence-corrected chi connectivity index (χ4v) is 2.09. The molecular weight excluding hydrogens is 282 g/mol. The summed E-state index contributed by atoms with van der Waals surface area (Å²) < 4.78 is 27.3. The summed E-state index contributed by atoms with van der Waals surface area (Å²) in [5.41, 5.74) is 1.50. The first-order chi connectivity index (χ1) is 9.65. The zero-order chi connectivity index (χ0) is 14.1. The van der Waals surface area contributed by atoms with Gasteiger partial charge in [-0.15, -0.1) is 0 Å². The van der Waals surface area contributed by atoms with Gasteiger partial charge in [-0.1, -0.05) is 11.6 Å². The van der Waals surface area contributed by atoms with Gasteiger partial charge in [0.2, 0.25) is 0 Å². The molecule has 1 N–H and O–H groups in total.